The predicted octanol–water partition coefficient (Wildman–Crippen LogP) is -0.423. The zero-order valence-corrected chi connectivity index (χ0v) is 7.92. The number of nitrogens with zero attached hydrogens (tertiary/aromatic N) is 1. The number of nitrogens with one attached hydrogen (secondary N) is 2. The highest BCUT2D eigenvalue weighted by Gasteiger charge is 2.27. The molecule has 0 aromatic carbocycles. The summed E-state index contributed by atoms with van der Waals surface area (Å²) in [6.07, 6.45) is 0. The molecule has 1 unspecified atom stereocenters. The van der Waals surface area contributed by atoms with E-state index >= 15 is 0 Å². The Morgan fingerprint density at radius 1 is 1.75 bits per heavy atom. The molecule has 12 heavy (non-hydrogen) atoms. The lowest BCUT2D eigenvalue weighted by Crippen LogP contribution is -2.39. The van der Waals surface area contributed by atoms with Gasteiger partial charge in [-0.05, 0) is 12.5 Å². The first-order valence-electron chi connectivity index (χ1n) is 4.34. The third kappa shape index (κ3) is 2.46. The minimum Gasteiger partial charge on any atom is -0.304 e. The van der Waals surface area contributed by atoms with E-state index in [4.69, 9.17) is 0 Å². The molecule has 1 fully saturated rings. The first-order chi connectivity index (χ1) is 5.59. The summed E-state index contributed by atoms with van der Waals surface area (Å²) < 4.78 is 0. The van der Waals surface area contributed by atoms with Gasteiger partial charge in [0.15, 0.2) is 0 Å². The van der Waals surface area contributed by atoms with Crippen molar-refractivity contribution < 1.29 is 4.79 Å². The number of hydrogen-bond donors (Lipinski definition) is 2. The summed E-state index contributed by atoms with van der Waals surface area (Å²) in [5, 5.41) is 5.01. The Kier molecular flexibility index (Phi) is 3.05. The maximum Gasteiger partial charge on any atom is 0.252 e. The molecule has 70 valence electrons. The van der Waals surface area contributed by atoms with E-state index in [0.29, 0.717) is 5.92 Å². The zero-order chi connectivity index (χ0) is 9.14. The summed E-state index contributed by atoms with van der Waals surface area (Å²) in [6, 6.07) is -0.0302. The first-order valence-corrected chi connectivity index (χ1v) is 4.34. The quantitative estimate of drug-likeness (QED) is 0.606. The van der Waals surface area contributed by atoms with E-state index in [0.717, 1.165) is 13.1 Å². The fourth-order valence-electron chi connectivity index (χ4n) is 1.20. The molecule has 1 aliphatic heterocycles. The number of carbonyl (C=O) groups excluding carboxylic acids is 1. The van der Waals surface area contributed by atoms with Crippen LogP contribution < -0.4 is 10.7 Å². The standard InChI is InChI=1S/C8H17N3O/c1-6(2)4-9-7-5-11(3)10-8(7)12/h6-7,9H,4-5H2,1-3H3,(H,10,12). The number of amides is 1. The van der Waals surface area contributed by atoms with Gasteiger partial charge in [0, 0.05) is 13.6 Å². The molecule has 0 bridgehead atoms. The number of hydrazine groups is 1. The molecule has 1 saturated heterocycles. The monoisotopic (exact) mass is 171 g/mol. The van der Waals surface area contributed by atoms with Crippen molar-refractivity contribution in [3.63, 3.8) is 0 Å². The largest absolute Gasteiger partial charge is 0.304 e. The fraction of sp³-hybridized carbons (Fsp3) is 0.875. The molecule has 1 rings (SSSR count). The molecule has 2 N–H and O–H groups in total. The number of rotatable bonds is 3. The van der Waals surface area contributed by atoms with Crippen LogP contribution in [0.5, 0.6) is 0 Å². The molecule has 0 radical (unpaired) electrons. The smallest absolute Gasteiger partial charge is 0.252 e. The van der Waals surface area contributed by atoms with Crippen LogP contribution in [0.4, 0.5) is 0 Å². The second-order valence-electron chi connectivity index (χ2n) is 3.71. The van der Waals surface area contributed by atoms with E-state index in [2.05, 4.69) is 24.6 Å². The van der Waals surface area contributed by atoms with Crippen molar-refractivity contribution >= 4 is 5.91 Å². The van der Waals surface area contributed by atoms with Crippen molar-refractivity contribution in [3.8, 4) is 0 Å². The van der Waals surface area contributed by atoms with Gasteiger partial charge in [0.1, 0.15) is 6.04 Å². The molecule has 1 atom stereocenters. The van der Waals surface area contributed by atoms with Crippen molar-refractivity contribution in [2.24, 2.45) is 5.92 Å². The Bertz CT molecular complexity index is 170. The molecule has 0 spiro atoms. The zero-order valence-electron chi connectivity index (χ0n) is 7.92. The summed E-state index contributed by atoms with van der Waals surface area (Å²) in [4.78, 5) is 11.2. The maximum absolute atomic E-state index is 11.2. The van der Waals surface area contributed by atoms with Gasteiger partial charge in [-0.25, -0.2) is 5.01 Å². The Morgan fingerprint density at radius 2 is 2.42 bits per heavy atom. The second kappa shape index (κ2) is 3.87. The van der Waals surface area contributed by atoms with Crippen molar-refractivity contribution in [1.29, 1.82) is 0 Å². The molecule has 0 aromatic rings. The van der Waals surface area contributed by atoms with Crippen LogP contribution >= 0.6 is 0 Å². The number of hydrogen-bond acceptors (Lipinski definition) is 3. The van der Waals surface area contributed by atoms with Crippen LogP contribution in [-0.2, 0) is 4.79 Å². The van der Waals surface area contributed by atoms with Crippen LogP contribution in [0.3, 0.4) is 0 Å². The van der Waals surface area contributed by atoms with Crippen molar-refractivity contribution in [2.75, 3.05) is 20.1 Å². The van der Waals surface area contributed by atoms with Crippen LogP contribution in [-0.4, -0.2) is 37.1 Å². The van der Waals surface area contributed by atoms with Crippen LogP contribution in [0.2, 0.25) is 0 Å². The Morgan fingerprint density at radius 3 is 2.83 bits per heavy atom. The Balaban J connectivity index is 2.28. The average Bonchev–Trinajstić information content (AvgIpc) is 2.26. The van der Waals surface area contributed by atoms with Crippen LogP contribution in [0.15, 0.2) is 0 Å². The van der Waals surface area contributed by atoms with E-state index < -0.39 is 0 Å². The van der Waals surface area contributed by atoms with Crippen molar-refractivity contribution in [2.45, 2.75) is 19.9 Å². The van der Waals surface area contributed by atoms with Gasteiger partial charge in [-0.3, -0.25) is 10.2 Å². The molecular weight excluding hydrogens is 154 g/mol. The molecule has 0 aliphatic carbocycles. The lowest BCUT2D eigenvalue weighted by atomic mass is 10.2. The second-order valence-corrected chi connectivity index (χ2v) is 3.71. The summed E-state index contributed by atoms with van der Waals surface area (Å²) >= 11 is 0. The Hall–Kier alpha value is -0.610. The lowest BCUT2D eigenvalue weighted by molar-refractivity contribution is -0.122. The normalized spacial score (nSPS) is 25.0. The summed E-state index contributed by atoms with van der Waals surface area (Å²) in [6.45, 7) is 5.91. The predicted molar refractivity (Wildman–Crippen MR) is 47.4 cm³/mol. The van der Waals surface area contributed by atoms with E-state index in [9.17, 15) is 4.79 Å². The Labute approximate surface area is 73.3 Å². The molecule has 4 nitrogen and oxygen atoms in total. The van der Waals surface area contributed by atoms with Gasteiger partial charge in [-0.1, -0.05) is 13.8 Å². The van der Waals surface area contributed by atoms with Crippen LogP contribution in [0, 0.1) is 5.92 Å². The molecule has 4 heteroatoms. The molecule has 0 aromatic heterocycles. The van der Waals surface area contributed by atoms with Gasteiger partial charge in [0.05, 0.1) is 0 Å². The summed E-state index contributed by atoms with van der Waals surface area (Å²) in [7, 11) is 1.87. The topological polar surface area (TPSA) is 44.4 Å². The molecule has 1 aliphatic rings. The van der Waals surface area contributed by atoms with E-state index in [1.165, 1.54) is 0 Å². The first kappa shape index (κ1) is 9.48. The molecule has 0 saturated carbocycles. The van der Waals surface area contributed by atoms with Crippen LogP contribution in [0.25, 0.3) is 0 Å². The summed E-state index contributed by atoms with van der Waals surface area (Å²) in [5.41, 5.74) is 2.72. The highest BCUT2D eigenvalue weighted by molar-refractivity contribution is 5.83. The van der Waals surface area contributed by atoms with Crippen molar-refractivity contribution in [3.05, 3.63) is 0 Å². The minimum absolute atomic E-state index is 0.0302. The minimum atomic E-state index is -0.0302. The van der Waals surface area contributed by atoms with E-state index in [1.807, 2.05) is 7.05 Å². The van der Waals surface area contributed by atoms with Gasteiger partial charge in [0.2, 0.25) is 0 Å². The molecule has 1 heterocycles. The van der Waals surface area contributed by atoms with E-state index in [1.54, 1.807) is 5.01 Å². The molecular formula is C8H17N3O. The van der Waals surface area contributed by atoms with Gasteiger partial charge >= 0.3 is 0 Å². The maximum atomic E-state index is 11.2. The number of carbonyl (C=O) groups is 1. The third-order valence-electron chi connectivity index (χ3n) is 1.85. The fourth-order valence-corrected chi connectivity index (χ4v) is 1.20. The van der Waals surface area contributed by atoms with Gasteiger partial charge in [-0.2, -0.15) is 0 Å². The number of likely N-dealkylation sites (N-methyl/N-ethyl adjacent to an activating group) is 1. The van der Waals surface area contributed by atoms with Gasteiger partial charge in [-0.15, -0.1) is 0 Å². The van der Waals surface area contributed by atoms with E-state index in [-0.39, 0.29) is 11.9 Å². The highest BCUT2D eigenvalue weighted by Crippen LogP contribution is 1.98. The van der Waals surface area contributed by atoms with Crippen LogP contribution in [0.1, 0.15) is 13.8 Å². The van der Waals surface area contributed by atoms with Crippen molar-refractivity contribution in [1.82, 2.24) is 15.8 Å². The van der Waals surface area contributed by atoms with Gasteiger partial charge in [0.25, 0.3) is 5.91 Å². The summed E-state index contributed by atoms with van der Waals surface area (Å²) in [5.74, 6) is 0.668. The highest BCUT2D eigenvalue weighted by atomic mass is 16.2. The third-order valence-corrected chi connectivity index (χ3v) is 1.85. The molecule has 1 amide bonds. The van der Waals surface area contributed by atoms with Gasteiger partial charge < -0.3 is 5.32 Å². The lowest BCUT2D eigenvalue weighted by Gasteiger charge is -2.11. The SMILES string of the molecule is CC(C)CNC1CN(C)NC1=O. The average molecular weight is 171 g/mol.